The van der Waals surface area contributed by atoms with Gasteiger partial charge in [0.1, 0.15) is 17.1 Å². The molecule has 0 N–H and O–H groups in total. The first-order valence-corrected chi connectivity index (χ1v) is 6.88. The van der Waals surface area contributed by atoms with E-state index in [0.717, 1.165) is 36.6 Å². The van der Waals surface area contributed by atoms with Crippen LogP contribution in [0, 0.1) is 0 Å². The molecule has 2 aromatic rings. The number of benzene rings is 1. The minimum absolute atomic E-state index is 0.334. The van der Waals surface area contributed by atoms with Gasteiger partial charge in [-0.05, 0) is 18.4 Å². The molecule has 0 radical (unpaired) electrons. The Balaban J connectivity index is 2.58. The number of unbranched alkanes of at least 4 members (excludes halogenated alkanes) is 2. The van der Waals surface area contributed by atoms with Crippen LogP contribution in [-0.2, 0) is 6.42 Å². The third kappa shape index (κ3) is 2.95. The summed E-state index contributed by atoms with van der Waals surface area (Å²) in [5.41, 5.74) is 1.16. The predicted molar refractivity (Wildman–Crippen MR) is 78.8 cm³/mol. The normalized spacial score (nSPS) is 10.8. The lowest BCUT2D eigenvalue weighted by Crippen LogP contribution is -2.02. The topological polar surface area (TPSA) is 48.7 Å². The molecule has 0 amide bonds. The highest BCUT2D eigenvalue weighted by molar-refractivity contribution is 5.88. The lowest BCUT2D eigenvalue weighted by Gasteiger charge is -2.11. The van der Waals surface area contributed by atoms with E-state index < -0.39 is 0 Å². The van der Waals surface area contributed by atoms with Gasteiger partial charge in [-0.2, -0.15) is 0 Å². The van der Waals surface area contributed by atoms with Gasteiger partial charge < -0.3 is 13.9 Å². The third-order valence-corrected chi connectivity index (χ3v) is 3.37. The van der Waals surface area contributed by atoms with E-state index in [1.54, 1.807) is 26.4 Å². The minimum Gasteiger partial charge on any atom is -0.496 e. The van der Waals surface area contributed by atoms with Crippen molar-refractivity contribution in [2.45, 2.75) is 32.6 Å². The summed E-state index contributed by atoms with van der Waals surface area (Å²) in [5, 5.41) is 0.865. The Bertz CT molecular complexity index is 643. The highest BCUT2D eigenvalue weighted by Gasteiger charge is 2.13. The van der Waals surface area contributed by atoms with E-state index in [4.69, 9.17) is 13.9 Å². The second-order valence-electron chi connectivity index (χ2n) is 4.75. The van der Waals surface area contributed by atoms with Crippen LogP contribution in [0.15, 0.2) is 27.4 Å². The molecule has 0 aliphatic carbocycles. The average Bonchev–Trinajstić information content (AvgIpc) is 2.45. The van der Waals surface area contributed by atoms with Gasteiger partial charge in [-0.1, -0.05) is 19.8 Å². The first-order valence-electron chi connectivity index (χ1n) is 6.88. The van der Waals surface area contributed by atoms with Crippen LogP contribution in [0.25, 0.3) is 11.0 Å². The summed E-state index contributed by atoms with van der Waals surface area (Å²) in [4.78, 5) is 11.7. The van der Waals surface area contributed by atoms with Crippen LogP contribution >= 0.6 is 0 Å². The number of fused-ring (bicyclic) bond motifs is 1. The zero-order valence-corrected chi connectivity index (χ0v) is 12.2. The van der Waals surface area contributed by atoms with Gasteiger partial charge in [0, 0.05) is 18.2 Å². The summed E-state index contributed by atoms with van der Waals surface area (Å²) < 4.78 is 15.9. The third-order valence-electron chi connectivity index (χ3n) is 3.37. The van der Waals surface area contributed by atoms with E-state index in [1.165, 1.54) is 0 Å². The molecule has 0 bridgehead atoms. The highest BCUT2D eigenvalue weighted by atomic mass is 16.5. The SMILES string of the molecule is CCCCCc1cc(=O)oc2cc(OC)cc(OC)c12. The molecular formula is C16H20O4. The van der Waals surface area contributed by atoms with Crippen molar-refractivity contribution in [1.82, 2.24) is 0 Å². The van der Waals surface area contributed by atoms with Crippen molar-refractivity contribution in [3.05, 3.63) is 34.2 Å². The Morgan fingerprint density at radius 1 is 1.10 bits per heavy atom. The van der Waals surface area contributed by atoms with Gasteiger partial charge in [0.05, 0.1) is 19.6 Å². The molecule has 1 heterocycles. The Morgan fingerprint density at radius 3 is 2.55 bits per heavy atom. The second kappa shape index (κ2) is 6.46. The van der Waals surface area contributed by atoms with Crippen LogP contribution in [-0.4, -0.2) is 14.2 Å². The van der Waals surface area contributed by atoms with E-state index in [9.17, 15) is 4.79 Å². The molecule has 0 unspecified atom stereocenters. The molecule has 0 fully saturated rings. The van der Waals surface area contributed by atoms with Crippen LogP contribution < -0.4 is 15.1 Å². The summed E-state index contributed by atoms with van der Waals surface area (Å²) in [6, 6.07) is 5.10. The van der Waals surface area contributed by atoms with Gasteiger partial charge in [-0.3, -0.25) is 0 Å². The monoisotopic (exact) mass is 276 g/mol. The molecule has 0 saturated heterocycles. The summed E-state index contributed by atoms with van der Waals surface area (Å²) in [5.74, 6) is 1.29. The molecule has 2 rings (SSSR count). The van der Waals surface area contributed by atoms with Gasteiger partial charge in [-0.15, -0.1) is 0 Å². The maximum absolute atomic E-state index is 11.7. The molecular weight excluding hydrogens is 256 g/mol. The van der Waals surface area contributed by atoms with E-state index >= 15 is 0 Å². The molecule has 0 saturated carbocycles. The number of rotatable bonds is 6. The van der Waals surface area contributed by atoms with Crippen LogP contribution in [0.4, 0.5) is 0 Å². The Labute approximate surface area is 118 Å². The molecule has 0 aliphatic heterocycles. The largest absolute Gasteiger partial charge is 0.496 e. The van der Waals surface area contributed by atoms with E-state index in [2.05, 4.69) is 6.92 Å². The van der Waals surface area contributed by atoms with E-state index in [-0.39, 0.29) is 5.63 Å². The van der Waals surface area contributed by atoms with Crippen molar-refractivity contribution in [2.24, 2.45) is 0 Å². The van der Waals surface area contributed by atoms with E-state index in [1.807, 2.05) is 6.07 Å². The van der Waals surface area contributed by atoms with Crippen LogP contribution in [0.1, 0.15) is 31.7 Å². The van der Waals surface area contributed by atoms with Crippen molar-refractivity contribution in [1.29, 1.82) is 0 Å². The molecule has 0 spiro atoms. The number of hydrogen-bond acceptors (Lipinski definition) is 4. The second-order valence-corrected chi connectivity index (χ2v) is 4.75. The summed E-state index contributed by atoms with van der Waals surface area (Å²) >= 11 is 0. The van der Waals surface area contributed by atoms with Crippen molar-refractivity contribution >= 4 is 11.0 Å². The fourth-order valence-corrected chi connectivity index (χ4v) is 2.36. The first-order chi connectivity index (χ1) is 9.69. The number of methoxy groups -OCH3 is 2. The predicted octanol–water partition coefficient (Wildman–Crippen LogP) is 3.54. The number of ether oxygens (including phenoxy) is 2. The summed E-state index contributed by atoms with van der Waals surface area (Å²) in [7, 11) is 3.18. The fraction of sp³-hybridized carbons (Fsp3) is 0.438. The van der Waals surface area contributed by atoms with Gasteiger partial charge >= 0.3 is 5.63 Å². The Kier molecular flexibility index (Phi) is 4.66. The number of hydrogen-bond donors (Lipinski definition) is 0. The average molecular weight is 276 g/mol. The van der Waals surface area contributed by atoms with Crippen molar-refractivity contribution in [3.63, 3.8) is 0 Å². The maximum Gasteiger partial charge on any atom is 0.336 e. The molecule has 4 heteroatoms. The molecule has 4 nitrogen and oxygen atoms in total. The van der Waals surface area contributed by atoms with Crippen molar-refractivity contribution < 1.29 is 13.9 Å². The summed E-state index contributed by atoms with van der Waals surface area (Å²) in [6.45, 7) is 2.16. The van der Waals surface area contributed by atoms with Crippen LogP contribution in [0.3, 0.4) is 0 Å². The van der Waals surface area contributed by atoms with Crippen molar-refractivity contribution in [3.8, 4) is 11.5 Å². The lowest BCUT2D eigenvalue weighted by atomic mass is 10.0. The molecule has 1 aromatic carbocycles. The van der Waals surface area contributed by atoms with Gasteiger partial charge in [0.15, 0.2) is 0 Å². The highest BCUT2D eigenvalue weighted by Crippen LogP contribution is 2.33. The van der Waals surface area contributed by atoms with Crippen molar-refractivity contribution in [2.75, 3.05) is 14.2 Å². The lowest BCUT2D eigenvalue weighted by molar-refractivity contribution is 0.395. The van der Waals surface area contributed by atoms with E-state index in [0.29, 0.717) is 17.1 Å². The smallest absolute Gasteiger partial charge is 0.336 e. The molecule has 20 heavy (non-hydrogen) atoms. The quantitative estimate of drug-likeness (QED) is 0.598. The molecule has 1 aromatic heterocycles. The zero-order chi connectivity index (χ0) is 14.5. The van der Waals surface area contributed by atoms with Crippen LogP contribution in [0.5, 0.6) is 11.5 Å². The summed E-state index contributed by atoms with van der Waals surface area (Å²) in [6.07, 6.45) is 4.17. The molecule has 0 atom stereocenters. The Morgan fingerprint density at radius 2 is 1.90 bits per heavy atom. The molecule has 108 valence electrons. The fourth-order valence-electron chi connectivity index (χ4n) is 2.36. The number of aryl methyl sites for hydroxylation is 1. The van der Waals surface area contributed by atoms with Crippen LogP contribution in [0.2, 0.25) is 0 Å². The molecule has 0 aliphatic rings. The maximum atomic E-state index is 11.7. The first kappa shape index (κ1) is 14.4. The van der Waals surface area contributed by atoms with Gasteiger partial charge in [0.2, 0.25) is 0 Å². The van der Waals surface area contributed by atoms with Gasteiger partial charge in [-0.25, -0.2) is 4.79 Å². The zero-order valence-electron chi connectivity index (χ0n) is 12.2. The van der Waals surface area contributed by atoms with Gasteiger partial charge in [0.25, 0.3) is 0 Å². The standard InChI is InChI=1S/C16H20O4/c1-4-5-6-7-11-8-15(17)20-14-10-12(18-2)9-13(19-3)16(11)14/h8-10H,4-7H2,1-3H3. The Hall–Kier alpha value is -1.97. The minimum atomic E-state index is -0.334.